The molecule has 4 rings (SSSR count). The van der Waals surface area contributed by atoms with Crippen molar-refractivity contribution in [3.63, 3.8) is 0 Å². The van der Waals surface area contributed by atoms with Crippen LogP contribution < -0.4 is 0 Å². The summed E-state index contributed by atoms with van der Waals surface area (Å²) in [5.41, 5.74) is 3.42. The Hall–Kier alpha value is -2.29. The normalized spacial score (nSPS) is 15.1. The summed E-state index contributed by atoms with van der Waals surface area (Å²) >= 11 is 12.0. The van der Waals surface area contributed by atoms with Gasteiger partial charge in [-0.3, -0.25) is 4.79 Å². The quantitative estimate of drug-likeness (QED) is 0.522. The molecular weight excluding hydrogens is 343 g/mol. The van der Waals surface area contributed by atoms with Gasteiger partial charge in [-0.05, 0) is 42.0 Å². The van der Waals surface area contributed by atoms with Crippen LogP contribution in [0.1, 0.15) is 21.7 Å². The van der Waals surface area contributed by atoms with Gasteiger partial charge in [0.15, 0.2) is 5.78 Å². The smallest absolute Gasteiger partial charge is 0.189 e. The first-order valence-electron chi connectivity index (χ1n) is 7.50. The monoisotopic (exact) mass is 354 g/mol. The topological polar surface area (TPSA) is 30.2 Å². The zero-order chi connectivity index (χ0) is 16.7. The fraction of sp³-hybridized carbons (Fsp3) is 0.0500. The molecule has 0 radical (unpaired) electrons. The van der Waals surface area contributed by atoms with E-state index in [2.05, 4.69) is 0 Å². The predicted molar refractivity (Wildman–Crippen MR) is 96.6 cm³/mol. The number of carbonyl (C=O) groups is 1. The highest BCUT2D eigenvalue weighted by molar-refractivity contribution is 6.42. The maximum Gasteiger partial charge on any atom is 0.189 e. The Morgan fingerprint density at radius 2 is 1.79 bits per heavy atom. The van der Waals surface area contributed by atoms with Crippen LogP contribution in [0.4, 0.5) is 0 Å². The number of halogens is 2. The van der Waals surface area contributed by atoms with Crippen molar-refractivity contribution in [2.24, 2.45) is 0 Å². The van der Waals surface area contributed by atoms with Crippen LogP contribution in [0.2, 0.25) is 10.0 Å². The molecule has 0 saturated heterocycles. The van der Waals surface area contributed by atoms with Crippen molar-refractivity contribution < 1.29 is 9.21 Å². The summed E-state index contributed by atoms with van der Waals surface area (Å²) in [6, 6.07) is 16.7. The second kappa shape index (κ2) is 5.97. The van der Waals surface area contributed by atoms with Gasteiger partial charge in [0.05, 0.1) is 10.0 Å². The number of hydrogen-bond donors (Lipinski definition) is 0. The Morgan fingerprint density at radius 1 is 0.958 bits per heavy atom. The molecule has 118 valence electrons. The average Bonchev–Trinajstić information content (AvgIpc) is 3.16. The maximum atomic E-state index is 12.4. The first-order valence-corrected chi connectivity index (χ1v) is 8.26. The predicted octanol–water partition coefficient (Wildman–Crippen LogP) is 6.08. The molecule has 2 nitrogen and oxygen atoms in total. The highest BCUT2D eigenvalue weighted by atomic mass is 35.5. The minimum atomic E-state index is 0.0677. The van der Waals surface area contributed by atoms with Gasteiger partial charge < -0.3 is 4.42 Å². The van der Waals surface area contributed by atoms with Crippen molar-refractivity contribution in [2.45, 2.75) is 6.42 Å². The number of furan rings is 1. The largest absolute Gasteiger partial charge is 0.457 e. The number of carbonyl (C=O) groups excluding carboxylic acids is 1. The number of benzene rings is 2. The SMILES string of the molecule is O=C1/C(=C/c2ccc(-c3ccc(Cl)c(Cl)c3)o2)Cc2ccccc21. The molecule has 0 aliphatic heterocycles. The molecule has 4 heteroatoms. The molecule has 0 fully saturated rings. The molecule has 1 heterocycles. The number of ketones is 1. The van der Waals surface area contributed by atoms with Gasteiger partial charge in [0.2, 0.25) is 0 Å². The number of allylic oxidation sites excluding steroid dienone is 1. The van der Waals surface area contributed by atoms with E-state index in [1.807, 2.05) is 48.5 Å². The molecule has 1 aliphatic carbocycles. The molecule has 2 aromatic carbocycles. The van der Waals surface area contributed by atoms with Crippen LogP contribution in [0.3, 0.4) is 0 Å². The van der Waals surface area contributed by atoms with E-state index in [1.54, 1.807) is 12.1 Å². The van der Waals surface area contributed by atoms with Crippen LogP contribution in [-0.4, -0.2) is 5.78 Å². The van der Waals surface area contributed by atoms with Crippen LogP contribution in [0.5, 0.6) is 0 Å². The molecular formula is C20H12Cl2O2. The van der Waals surface area contributed by atoms with Gasteiger partial charge in [0.1, 0.15) is 11.5 Å². The Labute approximate surface area is 149 Å². The fourth-order valence-corrected chi connectivity index (χ4v) is 3.18. The van der Waals surface area contributed by atoms with Crippen molar-refractivity contribution >= 4 is 35.1 Å². The van der Waals surface area contributed by atoms with Crippen molar-refractivity contribution in [1.29, 1.82) is 0 Å². The molecule has 0 atom stereocenters. The van der Waals surface area contributed by atoms with Gasteiger partial charge in [0.25, 0.3) is 0 Å². The van der Waals surface area contributed by atoms with Crippen LogP contribution in [0, 0.1) is 0 Å². The Kier molecular flexibility index (Phi) is 3.79. The van der Waals surface area contributed by atoms with Crippen molar-refractivity contribution in [1.82, 2.24) is 0 Å². The van der Waals surface area contributed by atoms with Gasteiger partial charge >= 0.3 is 0 Å². The van der Waals surface area contributed by atoms with E-state index in [0.29, 0.717) is 28.0 Å². The first kappa shape index (κ1) is 15.3. The lowest BCUT2D eigenvalue weighted by Gasteiger charge is -1.99. The lowest BCUT2D eigenvalue weighted by atomic mass is 10.1. The number of rotatable bonds is 2. The molecule has 1 aromatic heterocycles. The summed E-state index contributed by atoms with van der Waals surface area (Å²) in [7, 11) is 0. The Bertz CT molecular complexity index is 983. The van der Waals surface area contributed by atoms with E-state index in [0.717, 1.165) is 22.3 Å². The standard InChI is InChI=1S/C20H12Cl2O2/c21-17-7-5-13(11-18(17)22)19-8-6-15(24-19)10-14-9-12-3-1-2-4-16(12)20(14)23/h1-8,10-11H,9H2/b14-10+. The van der Waals surface area contributed by atoms with Crippen molar-refractivity contribution in [3.8, 4) is 11.3 Å². The van der Waals surface area contributed by atoms with Crippen LogP contribution in [0.25, 0.3) is 17.4 Å². The molecule has 0 bridgehead atoms. The molecule has 0 N–H and O–H groups in total. The van der Waals surface area contributed by atoms with Gasteiger partial charge in [-0.1, -0.05) is 47.5 Å². The Morgan fingerprint density at radius 3 is 2.58 bits per heavy atom. The molecule has 24 heavy (non-hydrogen) atoms. The lowest BCUT2D eigenvalue weighted by Crippen LogP contribution is -1.94. The van der Waals surface area contributed by atoms with Crippen LogP contribution >= 0.6 is 23.2 Å². The zero-order valence-corrected chi connectivity index (χ0v) is 14.1. The first-order chi connectivity index (χ1) is 11.6. The lowest BCUT2D eigenvalue weighted by molar-refractivity contribution is 0.104. The van der Waals surface area contributed by atoms with E-state index in [1.165, 1.54) is 0 Å². The van der Waals surface area contributed by atoms with Gasteiger partial charge in [-0.25, -0.2) is 0 Å². The summed E-state index contributed by atoms with van der Waals surface area (Å²) in [6.45, 7) is 0. The third-order valence-corrected chi connectivity index (χ3v) is 4.82. The van der Waals surface area contributed by atoms with Crippen LogP contribution in [0.15, 0.2) is 64.6 Å². The molecule has 0 amide bonds. The van der Waals surface area contributed by atoms with E-state index in [9.17, 15) is 4.79 Å². The molecule has 0 saturated carbocycles. The van der Waals surface area contributed by atoms with E-state index < -0.39 is 0 Å². The van der Waals surface area contributed by atoms with E-state index in [4.69, 9.17) is 27.6 Å². The average molecular weight is 355 g/mol. The minimum Gasteiger partial charge on any atom is -0.457 e. The van der Waals surface area contributed by atoms with Crippen molar-refractivity contribution in [3.05, 3.63) is 87.1 Å². The number of Topliss-reactive ketones (excluding diaryl/α,β-unsaturated/α-hetero) is 1. The second-order valence-electron chi connectivity index (χ2n) is 5.66. The number of fused-ring (bicyclic) bond motifs is 1. The second-order valence-corrected chi connectivity index (χ2v) is 6.48. The summed E-state index contributed by atoms with van der Waals surface area (Å²) in [5.74, 6) is 1.40. The van der Waals surface area contributed by atoms with Crippen molar-refractivity contribution in [2.75, 3.05) is 0 Å². The fourth-order valence-electron chi connectivity index (χ4n) is 2.88. The summed E-state index contributed by atoms with van der Waals surface area (Å²) in [6.07, 6.45) is 2.45. The number of hydrogen-bond acceptors (Lipinski definition) is 2. The molecule has 0 unspecified atom stereocenters. The van der Waals surface area contributed by atoms with Gasteiger partial charge in [-0.15, -0.1) is 0 Å². The summed E-state index contributed by atoms with van der Waals surface area (Å²) in [4.78, 5) is 12.4. The third-order valence-electron chi connectivity index (χ3n) is 4.08. The molecule has 0 spiro atoms. The summed E-state index contributed by atoms with van der Waals surface area (Å²) in [5, 5.41) is 0.982. The third kappa shape index (κ3) is 2.68. The molecule has 1 aliphatic rings. The highest BCUT2D eigenvalue weighted by Crippen LogP contribution is 2.31. The minimum absolute atomic E-state index is 0.0677. The zero-order valence-electron chi connectivity index (χ0n) is 12.6. The van der Waals surface area contributed by atoms with Gasteiger partial charge in [0, 0.05) is 23.1 Å². The van der Waals surface area contributed by atoms with E-state index >= 15 is 0 Å². The maximum absolute atomic E-state index is 12.4. The van der Waals surface area contributed by atoms with Crippen LogP contribution in [-0.2, 0) is 6.42 Å². The summed E-state index contributed by atoms with van der Waals surface area (Å²) < 4.78 is 5.84. The van der Waals surface area contributed by atoms with E-state index in [-0.39, 0.29) is 5.78 Å². The Balaban J connectivity index is 1.64. The highest BCUT2D eigenvalue weighted by Gasteiger charge is 2.24. The van der Waals surface area contributed by atoms with Gasteiger partial charge in [-0.2, -0.15) is 0 Å². The molecule has 3 aromatic rings.